The van der Waals surface area contributed by atoms with Crippen LogP contribution >= 0.6 is 24.0 Å². The molecule has 7 heteroatoms. The molecule has 25 heavy (non-hydrogen) atoms. The van der Waals surface area contributed by atoms with Gasteiger partial charge in [-0.3, -0.25) is 9.79 Å². The third-order valence-corrected chi connectivity index (χ3v) is 4.49. The molecular formula is C18H36IN5O. The van der Waals surface area contributed by atoms with E-state index in [9.17, 15) is 4.79 Å². The van der Waals surface area contributed by atoms with Gasteiger partial charge in [0.2, 0.25) is 5.91 Å². The number of nitrogens with zero attached hydrogens (tertiary/aromatic N) is 4. The smallest absolute Gasteiger partial charge is 0.219 e. The summed E-state index contributed by atoms with van der Waals surface area (Å²) in [6, 6.07) is 0.593. The lowest BCUT2D eigenvalue weighted by molar-refractivity contribution is -0.130. The first-order chi connectivity index (χ1) is 11.5. The number of hydrogen-bond donors (Lipinski definition) is 1. The van der Waals surface area contributed by atoms with E-state index < -0.39 is 0 Å². The zero-order valence-corrected chi connectivity index (χ0v) is 18.7. The van der Waals surface area contributed by atoms with Crippen molar-refractivity contribution in [3.63, 3.8) is 0 Å². The molecule has 1 saturated heterocycles. The minimum Gasteiger partial charge on any atom is -0.353 e. The van der Waals surface area contributed by atoms with Gasteiger partial charge in [0.25, 0.3) is 0 Å². The minimum atomic E-state index is 0. The number of halogens is 1. The molecule has 0 aliphatic carbocycles. The van der Waals surface area contributed by atoms with Gasteiger partial charge in [-0.1, -0.05) is 6.08 Å². The molecule has 0 spiro atoms. The Morgan fingerprint density at radius 3 is 2.36 bits per heavy atom. The predicted octanol–water partition coefficient (Wildman–Crippen LogP) is 2.02. The molecule has 1 aliphatic heterocycles. The monoisotopic (exact) mass is 465 g/mol. The second-order valence-electron chi connectivity index (χ2n) is 6.65. The summed E-state index contributed by atoms with van der Waals surface area (Å²) in [5.74, 6) is 1.09. The fraction of sp³-hybridized carbons (Fsp3) is 0.778. The van der Waals surface area contributed by atoms with Gasteiger partial charge in [-0.25, -0.2) is 0 Å². The van der Waals surface area contributed by atoms with Crippen molar-refractivity contribution in [2.45, 2.75) is 39.7 Å². The van der Waals surface area contributed by atoms with E-state index in [0.29, 0.717) is 12.6 Å². The van der Waals surface area contributed by atoms with Gasteiger partial charge in [0, 0.05) is 52.2 Å². The summed E-state index contributed by atoms with van der Waals surface area (Å²) in [6.07, 6.45) is 4.09. The molecule has 1 heterocycles. The van der Waals surface area contributed by atoms with Crippen molar-refractivity contribution >= 4 is 35.8 Å². The SMILES string of the molecule is C=CCNC(=NCCCCN(C)C(C)C)N1CCN(C(C)=O)CC1.I. The second-order valence-corrected chi connectivity index (χ2v) is 6.65. The molecule has 0 saturated carbocycles. The van der Waals surface area contributed by atoms with Crippen LogP contribution in [-0.2, 0) is 4.79 Å². The summed E-state index contributed by atoms with van der Waals surface area (Å²) >= 11 is 0. The molecule has 0 aromatic heterocycles. The summed E-state index contributed by atoms with van der Waals surface area (Å²) < 4.78 is 0. The molecule has 1 N–H and O–H groups in total. The van der Waals surface area contributed by atoms with E-state index in [1.807, 2.05) is 11.0 Å². The van der Waals surface area contributed by atoms with Crippen LogP contribution in [-0.4, -0.2) is 85.5 Å². The van der Waals surface area contributed by atoms with E-state index in [4.69, 9.17) is 4.99 Å². The summed E-state index contributed by atoms with van der Waals surface area (Å²) in [7, 11) is 2.17. The lowest BCUT2D eigenvalue weighted by atomic mass is 10.2. The predicted molar refractivity (Wildman–Crippen MR) is 117 cm³/mol. The number of guanidine groups is 1. The number of hydrogen-bond acceptors (Lipinski definition) is 3. The fourth-order valence-corrected chi connectivity index (χ4v) is 2.58. The number of nitrogens with one attached hydrogen (secondary N) is 1. The first kappa shape index (κ1) is 24.2. The first-order valence-electron chi connectivity index (χ1n) is 9.05. The molecule has 1 amide bonds. The minimum absolute atomic E-state index is 0. The van der Waals surface area contributed by atoms with Gasteiger partial charge in [-0.2, -0.15) is 0 Å². The highest BCUT2D eigenvalue weighted by Crippen LogP contribution is 2.04. The average molecular weight is 465 g/mol. The Morgan fingerprint density at radius 1 is 1.24 bits per heavy atom. The van der Waals surface area contributed by atoms with Crippen molar-refractivity contribution < 1.29 is 4.79 Å². The van der Waals surface area contributed by atoms with Gasteiger partial charge < -0.3 is 20.0 Å². The highest BCUT2D eigenvalue weighted by molar-refractivity contribution is 14.0. The van der Waals surface area contributed by atoms with E-state index >= 15 is 0 Å². The fourth-order valence-electron chi connectivity index (χ4n) is 2.58. The third-order valence-electron chi connectivity index (χ3n) is 4.49. The van der Waals surface area contributed by atoms with E-state index in [-0.39, 0.29) is 29.9 Å². The normalized spacial score (nSPS) is 15.4. The Kier molecular flexibility index (Phi) is 12.9. The van der Waals surface area contributed by atoms with E-state index in [1.54, 1.807) is 6.92 Å². The highest BCUT2D eigenvalue weighted by Gasteiger charge is 2.20. The van der Waals surface area contributed by atoms with Gasteiger partial charge in [0.05, 0.1) is 0 Å². The van der Waals surface area contributed by atoms with Crippen LogP contribution in [0, 0.1) is 0 Å². The maximum atomic E-state index is 11.4. The van der Waals surface area contributed by atoms with Gasteiger partial charge in [0.1, 0.15) is 0 Å². The van der Waals surface area contributed by atoms with E-state index in [2.05, 4.69) is 42.6 Å². The molecule has 1 fully saturated rings. The maximum Gasteiger partial charge on any atom is 0.219 e. The second kappa shape index (κ2) is 13.4. The van der Waals surface area contributed by atoms with Crippen LogP contribution in [0.25, 0.3) is 0 Å². The quantitative estimate of drug-likeness (QED) is 0.196. The van der Waals surface area contributed by atoms with Crippen molar-refractivity contribution in [3.05, 3.63) is 12.7 Å². The van der Waals surface area contributed by atoms with Crippen LogP contribution < -0.4 is 5.32 Å². The van der Waals surface area contributed by atoms with Crippen molar-refractivity contribution in [2.24, 2.45) is 4.99 Å². The van der Waals surface area contributed by atoms with Crippen LogP contribution in [0.2, 0.25) is 0 Å². The number of amides is 1. The Labute approximate surface area is 170 Å². The molecule has 0 atom stereocenters. The summed E-state index contributed by atoms with van der Waals surface area (Å²) in [5.41, 5.74) is 0. The Bertz CT molecular complexity index is 420. The summed E-state index contributed by atoms with van der Waals surface area (Å²) in [5, 5.41) is 3.35. The van der Waals surface area contributed by atoms with E-state index in [1.165, 1.54) is 0 Å². The summed E-state index contributed by atoms with van der Waals surface area (Å²) in [6.45, 7) is 15.7. The third kappa shape index (κ3) is 9.44. The molecular weight excluding hydrogens is 429 g/mol. The Hall–Kier alpha value is -0.830. The standard InChI is InChI=1S/C18H35N5O.HI/c1-6-9-19-18(20-10-7-8-11-21(5)16(2)3)23-14-12-22(13-15-23)17(4)24;/h6,16H,1,7-15H2,2-5H3,(H,19,20);1H. The Morgan fingerprint density at radius 2 is 1.84 bits per heavy atom. The van der Waals surface area contributed by atoms with Gasteiger partial charge >= 0.3 is 0 Å². The molecule has 146 valence electrons. The van der Waals surface area contributed by atoms with Gasteiger partial charge in [-0.15, -0.1) is 30.6 Å². The molecule has 1 aliphatic rings. The number of aliphatic imine (C=N–C) groups is 1. The van der Waals surface area contributed by atoms with Gasteiger partial charge in [-0.05, 0) is 40.3 Å². The molecule has 0 aromatic carbocycles. The Balaban J connectivity index is 0.00000576. The number of piperazine rings is 1. The lowest BCUT2D eigenvalue weighted by Crippen LogP contribution is -2.53. The van der Waals surface area contributed by atoms with Crippen LogP contribution in [0.4, 0.5) is 0 Å². The lowest BCUT2D eigenvalue weighted by Gasteiger charge is -2.36. The zero-order chi connectivity index (χ0) is 17.9. The molecule has 0 radical (unpaired) electrons. The zero-order valence-electron chi connectivity index (χ0n) is 16.3. The van der Waals surface area contributed by atoms with Crippen LogP contribution in [0.3, 0.4) is 0 Å². The van der Waals surface area contributed by atoms with Crippen LogP contribution in [0.15, 0.2) is 17.6 Å². The largest absolute Gasteiger partial charge is 0.353 e. The van der Waals surface area contributed by atoms with E-state index in [0.717, 1.165) is 58.1 Å². The number of carbonyl (C=O) groups excluding carboxylic acids is 1. The van der Waals surface area contributed by atoms with Crippen LogP contribution in [0.5, 0.6) is 0 Å². The number of unbranched alkanes of at least 4 members (excludes halogenated alkanes) is 1. The van der Waals surface area contributed by atoms with Crippen molar-refractivity contribution in [3.8, 4) is 0 Å². The average Bonchev–Trinajstić information content (AvgIpc) is 2.57. The molecule has 1 rings (SSSR count). The molecule has 0 aromatic rings. The van der Waals surface area contributed by atoms with Crippen molar-refractivity contribution in [1.82, 2.24) is 20.0 Å². The van der Waals surface area contributed by atoms with Crippen molar-refractivity contribution in [2.75, 3.05) is 52.9 Å². The maximum absolute atomic E-state index is 11.4. The topological polar surface area (TPSA) is 51.2 Å². The highest BCUT2D eigenvalue weighted by atomic mass is 127. The number of rotatable bonds is 8. The molecule has 6 nitrogen and oxygen atoms in total. The van der Waals surface area contributed by atoms with Gasteiger partial charge in [0.15, 0.2) is 5.96 Å². The molecule has 0 unspecified atom stereocenters. The van der Waals surface area contributed by atoms with Crippen molar-refractivity contribution in [1.29, 1.82) is 0 Å². The molecule has 0 bridgehead atoms. The van der Waals surface area contributed by atoms with Crippen LogP contribution in [0.1, 0.15) is 33.6 Å². The number of carbonyl (C=O) groups is 1. The first-order valence-corrected chi connectivity index (χ1v) is 9.05. The summed E-state index contributed by atoms with van der Waals surface area (Å²) in [4.78, 5) is 22.7.